The second-order valence-corrected chi connectivity index (χ2v) is 7.08. The molecule has 1 heterocycles. The fourth-order valence-corrected chi connectivity index (χ4v) is 3.45. The number of ether oxygens (including phenoxy) is 1. The van der Waals surface area contributed by atoms with Crippen LogP contribution < -0.4 is 0 Å². The van der Waals surface area contributed by atoms with E-state index < -0.39 is 10.8 Å². The van der Waals surface area contributed by atoms with Gasteiger partial charge in [-0.2, -0.15) is 0 Å². The number of methoxy groups -OCH3 is 1. The maximum atomic E-state index is 12.4. The molecule has 0 N–H and O–H groups in total. The number of benzene rings is 1. The van der Waals surface area contributed by atoms with Crippen LogP contribution in [0, 0.1) is 0 Å². The van der Waals surface area contributed by atoms with Crippen LogP contribution in [0.15, 0.2) is 24.3 Å². The standard InChI is InChI=1S/C15H21NO3S/c1-12-7-8-16(9-10-20(12)18)15(17)14-5-3-13(4-6-14)11-19-2/h3-6,12H,7-11H2,1-2H3/t12-,20-/m1/s1. The van der Waals surface area contributed by atoms with Gasteiger partial charge < -0.3 is 9.64 Å². The van der Waals surface area contributed by atoms with E-state index in [4.69, 9.17) is 4.74 Å². The van der Waals surface area contributed by atoms with Gasteiger partial charge in [-0.25, -0.2) is 0 Å². The number of rotatable bonds is 3. The molecular formula is C15H21NO3S. The summed E-state index contributed by atoms with van der Waals surface area (Å²) in [6.07, 6.45) is 0.806. The molecule has 1 fully saturated rings. The Balaban J connectivity index is 2.04. The molecule has 0 aliphatic carbocycles. The lowest BCUT2D eigenvalue weighted by molar-refractivity contribution is 0.0767. The molecule has 5 heteroatoms. The number of hydrogen-bond donors (Lipinski definition) is 0. The number of hydrogen-bond acceptors (Lipinski definition) is 3. The molecule has 0 bridgehead atoms. The van der Waals surface area contributed by atoms with Crippen LogP contribution >= 0.6 is 0 Å². The van der Waals surface area contributed by atoms with E-state index in [0.29, 0.717) is 31.0 Å². The molecule has 1 aromatic carbocycles. The van der Waals surface area contributed by atoms with Crippen molar-refractivity contribution in [1.29, 1.82) is 0 Å². The highest BCUT2D eigenvalue weighted by molar-refractivity contribution is 7.85. The first-order chi connectivity index (χ1) is 9.61. The molecule has 1 saturated heterocycles. The number of carbonyl (C=O) groups excluding carboxylic acids is 1. The Morgan fingerprint density at radius 3 is 2.70 bits per heavy atom. The molecule has 0 saturated carbocycles. The smallest absolute Gasteiger partial charge is 0.253 e. The summed E-state index contributed by atoms with van der Waals surface area (Å²) in [5.41, 5.74) is 1.74. The normalized spacial score (nSPS) is 23.4. The topological polar surface area (TPSA) is 46.6 Å². The van der Waals surface area contributed by atoms with Gasteiger partial charge in [-0.15, -0.1) is 0 Å². The van der Waals surface area contributed by atoms with Crippen molar-refractivity contribution in [2.45, 2.75) is 25.2 Å². The second-order valence-electron chi connectivity index (χ2n) is 5.11. The molecule has 1 aliphatic rings. The Morgan fingerprint density at radius 1 is 1.35 bits per heavy atom. The van der Waals surface area contributed by atoms with Crippen LogP contribution in [-0.2, 0) is 22.1 Å². The van der Waals surface area contributed by atoms with E-state index in [1.54, 1.807) is 7.11 Å². The van der Waals surface area contributed by atoms with Crippen molar-refractivity contribution < 1.29 is 13.7 Å². The predicted molar refractivity (Wildman–Crippen MR) is 80.1 cm³/mol. The molecule has 0 radical (unpaired) electrons. The maximum absolute atomic E-state index is 12.4. The first kappa shape index (κ1) is 15.2. The van der Waals surface area contributed by atoms with Crippen LogP contribution in [0.3, 0.4) is 0 Å². The Kier molecular flexibility index (Phi) is 5.31. The van der Waals surface area contributed by atoms with E-state index in [0.717, 1.165) is 12.0 Å². The van der Waals surface area contributed by atoms with Gasteiger partial charge >= 0.3 is 0 Å². The van der Waals surface area contributed by atoms with Crippen LogP contribution in [0.2, 0.25) is 0 Å². The van der Waals surface area contributed by atoms with Gasteiger partial charge in [0.25, 0.3) is 5.91 Å². The third-order valence-electron chi connectivity index (χ3n) is 3.62. The molecule has 1 amide bonds. The second kappa shape index (κ2) is 6.99. The summed E-state index contributed by atoms with van der Waals surface area (Å²) in [6.45, 7) is 3.81. The van der Waals surface area contributed by atoms with Crippen molar-refractivity contribution in [1.82, 2.24) is 4.90 Å². The molecule has 20 heavy (non-hydrogen) atoms. The van der Waals surface area contributed by atoms with Crippen LogP contribution in [0.1, 0.15) is 29.3 Å². The lowest BCUT2D eigenvalue weighted by atomic mass is 10.1. The molecule has 0 unspecified atom stereocenters. The highest BCUT2D eigenvalue weighted by atomic mass is 32.2. The van der Waals surface area contributed by atoms with Crippen molar-refractivity contribution in [3.8, 4) is 0 Å². The summed E-state index contributed by atoms with van der Waals surface area (Å²) in [5, 5.41) is 0.178. The summed E-state index contributed by atoms with van der Waals surface area (Å²) in [6, 6.07) is 7.49. The van der Waals surface area contributed by atoms with Crippen LogP contribution in [0.4, 0.5) is 0 Å². The first-order valence-electron chi connectivity index (χ1n) is 6.86. The molecule has 1 aliphatic heterocycles. The zero-order valence-corrected chi connectivity index (χ0v) is 12.8. The van der Waals surface area contributed by atoms with Gasteiger partial charge in [-0.05, 0) is 24.1 Å². The van der Waals surface area contributed by atoms with Crippen molar-refractivity contribution in [2.75, 3.05) is 26.0 Å². The number of carbonyl (C=O) groups is 1. The zero-order chi connectivity index (χ0) is 14.5. The summed E-state index contributed by atoms with van der Waals surface area (Å²) < 4.78 is 16.9. The van der Waals surface area contributed by atoms with E-state index in [2.05, 4.69) is 0 Å². The van der Waals surface area contributed by atoms with Gasteiger partial charge in [0.1, 0.15) is 0 Å². The van der Waals surface area contributed by atoms with Crippen LogP contribution in [0.25, 0.3) is 0 Å². The third kappa shape index (κ3) is 3.67. The maximum Gasteiger partial charge on any atom is 0.253 e. The molecule has 2 rings (SSSR count). The van der Waals surface area contributed by atoms with Crippen molar-refractivity contribution in [3.05, 3.63) is 35.4 Å². The van der Waals surface area contributed by atoms with E-state index in [1.807, 2.05) is 36.1 Å². The van der Waals surface area contributed by atoms with Gasteiger partial charge in [0, 0.05) is 47.6 Å². The highest BCUT2D eigenvalue weighted by Crippen LogP contribution is 2.14. The molecule has 110 valence electrons. The lowest BCUT2D eigenvalue weighted by Crippen LogP contribution is -2.33. The Morgan fingerprint density at radius 2 is 2.05 bits per heavy atom. The van der Waals surface area contributed by atoms with E-state index in [9.17, 15) is 9.00 Å². The quantitative estimate of drug-likeness (QED) is 0.854. The van der Waals surface area contributed by atoms with E-state index >= 15 is 0 Å². The zero-order valence-electron chi connectivity index (χ0n) is 12.0. The molecule has 0 spiro atoms. The lowest BCUT2D eigenvalue weighted by Gasteiger charge is -2.20. The molecular weight excluding hydrogens is 274 g/mol. The van der Waals surface area contributed by atoms with Gasteiger partial charge in [-0.1, -0.05) is 19.1 Å². The van der Waals surface area contributed by atoms with Crippen molar-refractivity contribution in [3.63, 3.8) is 0 Å². The van der Waals surface area contributed by atoms with Gasteiger partial charge in [0.05, 0.1) is 6.61 Å². The van der Waals surface area contributed by atoms with E-state index in [1.165, 1.54) is 0 Å². The Labute approximate surface area is 122 Å². The fourth-order valence-electron chi connectivity index (χ4n) is 2.28. The summed E-state index contributed by atoms with van der Waals surface area (Å²) in [5.74, 6) is 0.606. The number of amides is 1. The summed E-state index contributed by atoms with van der Waals surface area (Å²) in [7, 11) is 0.838. The molecule has 4 nitrogen and oxygen atoms in total. The van der Waals surface area contributed by atoms with Crippen LogP contribution in [0.5, 0.6) is 0 Å². The molecule has 0 aromatic heterocycles. The summed E-state index contributed by atoms with van der Waals surface area (Å²) in [4.78, 5) is 14.2. The average Bonchev–Trinajstić information content (AvgIpc) is 2.62. The minimum atomic E-state index is -0.813. The SMILES string of the molecule is COCc1ccc(C(=O)N2CC[C@@H](C)[S@](=O)CC2)cc1. The highest BCUT2D eigenvalue weighted by Gasteiger charge is 2.23. The van der Waals surface area contributed by atoms with E-state index in [-0.39, 0.29) is 11.2 Å². The minimum absolute atomic E-state index is 0.0278. The van der Waals surface area contributed by atoms with Crippen LogP contribution in [-0.4, -0.2) is 46.2 Å². The summed E-state index contributed by atoms with van der Waals surface area (Å²) >= 11 is 0. The first-order valence-corrected chi connectivity index (χ1v) is 8.24. The Bertz CT molecular complexity index is 486. The fraction of sp³-hybridized carbons (Fsp3) is 0.533. The largest absolute Gasteiger partial charge is 0.380 e. The van der Waals surface area contributed by atoms with Gasteiger partial charge in [0.15, 0.2) is 0 Å². The van der Waals surface area contributed by atoms with Crippen molar-refractivity contribution >= 4 is 16.7 Å². The van der Waals surface area contributed by atoms with Crippen molar-refractivity contribution in [2.24, 2.45) is 0 Å². The minimum Gasteiger partial charge on any atom is -0.380 e. The van der Waals surface area contributed by atoms with Gasteiger partial charge in [-0.3, -0.25) is 9.00 Å². The number of nitrogens with zero attached hydrogens (tertiary/aromatic N) is 1. The monoisotopic (exact) mass is 295 g/mol. The third-order valence-corrected chi connectivity index (χ3v) is 5.33. The van der Waals surface area contributed by atoms with Gasteiger partial charge in [0.2, 0.25) is 0 Å². The molecule has 2 atom stereocenters. The predicted octanol–water partition coefficient (Wildman–Crippen LogP) is 1.82. The Hall–Kier alpha value is -1.20. The molecule has 1 aromatic rings. The average molecular weight is 295 g/mol.